The van der Waals surface area contributed by atoms with Crippen LogP contribution in [0.2, 0.25) is 0 Å². The molecule has 3 aromatic rings. The maximum absolute atomic E-state index is 14.9. The number of rotatable bonds is 5. The molecule has 1 atom stereocenters. The molecule has 34 heavy (non-hydrogen) atoms. The predicted octanol–water partition coefficient (Wildman–Crippen LogP) is 3.78. The van der Waals surface area contributed by atoms with Gasteiger partial charge >= 0.3 is 6.03 Å². The maximum atomic E-state index is 14.9. The number of carbonyl (C=O) groups is 2. The van der Waals surface area contributed by atoms with Gasteiger partial charge in [-0.1, -0.05) is 36.4 Å². The van der Waals surface area contributed by atoms with Gasteiger partial charge in [-0.05, 0) is 49.2 Å². The van der Waals surface area contributed by atoms with E-state index >= 15 is 0 Å². The molecule has 8 nitrogen and oxygen atoms in total. The Balaban J connectivity index is 1.50. The van der Waals surface area contributed by atoms with Gasteiger partial charge in [0.15, 0.2) is 0 Å². The molecular formula is C24H23FN4O4S. The quantitative estimate of drug-likeness (QED) is 0.512. The lowest BCUT2D eigenvalue weighted by molar-refractivity contribution is -0.119. The Bertz CT molecular complexity index is 1330. The summed E-state index contributed by atoms with van der Waals surface area (Å²) < 4.78 is 38.6. The van der Waals surface area contributed by atoms with Crippen LogP contribution in [-0.4, -0.2) is 37.8 Å². The number of carbonyl (C=O) groups excluding carboxylic acids is 2. The predicted molar refractivity (Wildman–Crippen MR) is 127 cm³/mol. The van der Waals surface area contributed by atoms with Gasteiger partial charge in [0.25, 0.3) is 0 Å². The van der Waals surface area contributed by atoms with Gasteiger partial charge in [0.1, 0.15) is 11.9 Å². The summed E-state index contributed by atoms with van der Waals surface area (Å²) in [6.07, 6.45) is 1.15. The minimum atomic E-state index is -4.06. The first-order chi connectivity index (χ1) is 16.2. The maximum Gasteiger partial charge on any atom is 0.322 e. The number of nitrogens with two attached hydrogens (primary N) is 1. The Morgan fingerprint density at radius 2 is 1.62 bits per heavy atom. The Hall–Kier alpha value is -3.76. The molecule has 0 saturated carbocycles. The van der Waals surface area contributed by atoms with Crippen molar-refractivity contribution in [2.24, 2.45) is 5.14 Å². The number of nitrogens with one attached hydrogen (secondary N) is 2. The molecule has 4 N–H and O–H groups in total. The molecule has 3 aromatic carbocycles. The van der Waals surface area contributed by atoms with E-state index < -0.39 is 27.8 Å². The largest absolute Gasteiger partial charge is 0.324 e. The number of para-hydroxylation sites is 1. The van der Waals surface area contributed by atoms with Gasteiger partial charge in [-0.15, -0.1) is 0 Å². The second-order valence-electron chi connectivity index (χ2n) is 7.87. The zero-order chi connectivity index (χ0) is 24.3. The zero-order valence-corrected chi connectivity index (χ0v) is 18.9. The van der Waals surface area contributed by atoms with E-state index in [0.717, 1.165) is 6.07 Å². The molecule has 1 heterocycles. The first kappa shape index (κ1) is 23.4. The number of urea groups is 1. The average Bonchev–Trinajstić information content (AvgIpc) is 3.30. The lowest BCUT2D eigenvalue weighted by Gasteiger charge is -2.24. The summed E-state index contributed by atoms with van der Waals surface area (Å²) in [5, 5.41) is 10.7. The van der Waals surface area contributed by atoms with E-state index in [4.69, 9.17) is 5.14 Å². The third-order valence-corrected chi connectivity index (χ3v) is 6.53. The van der Waals surface area contributed by atoms with Crippen LogP contribution in [0.25, 0.3) is 11.1 Å². The normalized spacial score (nSPS) is 15.7. The number of benzene rings is 3. The molecule has 4 rings (SSSR count). The fraction of sp³-hybridized carbons (Fsp3) is 0.167. The Morgan fingerprint density at radius 1 is 0.912 bits per heavy atom. The number of hydrogen-bond acceptors (Lipinski definition) is 4. The average molecular weight is 483 g/mol. The Kier molecular flexibility index (Phi) is 6.62. The molecule has 0 aliphatic carbocycles. The highest BCUT2D eigenvalue weighted by molar-refractivity contribution is 7.89. The molecule has 1 aliphatic rings. The van der Waals surface area contributed by atoms with Crippen LogP contribution in [0.5, 0.6) is 0 Å². The molecule has 10 heteroatoms. The fourth-order valence-corrected chi connectivity index (χ4v) is 4.73. The fourth-order valence-electron chi connectivity index (χ4n) is 3.97. The molecule has 0 radical (unpaired) electrons. The molecule has 0 aromatic heterocycles. The van der Waals surface area contributed by atoms with Gasteiger partial charge in [0, 0.05) is 29.0 Å². The SMILES string of the molecule is NS(=O)(=O)c1ccccc1-c1ccc(NC(=O)C2CCCN2C(=O)Nc2ccccc2)cc1F. The molecule has 1 unspecified atom stereocenters. The number of hydrogen-bond donors (Lipinski definition) is 3. The highest BCUT2D eigenvalue weighted by Crippen LogP contribution is 2.30. The van der Waals surface area contributed by atoms with E-state index in [1.807, 2.05) is 6.07 Å². The molecular weight excluding hydrogens is 459 g/mol. The van der Waals surface area contributed by atoms with Crippen molar-refractivity contribution < 1.29 is 22.4 Å². The van der Waals surface area contributed by atoms with Crippen LogP contribution in [0.4, 0.5) is 20.6 Å². The topological polar surface area (TPSA) is 122 Å². The van der Waals surface area contributed by atoms with E-state index in [1.54, 1.807) is 30.3 Å². The summed E-state index contributed by atoms with van der Waals surface area (Å²) in [5.41, 5.74) is 0.970. The number of anilines is 2. The van der Waals surface area contributed by atoms with Crippen LogP contribution < -0.4 is 15.8 Å². The van der Waals surface area contributed by atoms with Crippen molar-refractivity contribution in [3.63, 3.8) is 0 Å². The lowest BCUT2D eigenvalue weighted by atomic mass is 10.0. The summed E-state index contributed by atoms with van der Waals surface area (Å²) in [7, 11) is -4.06. The molecule has 1 fully saturated rings. The summed E-state index contributed by atoms with van der Waals surface area (Å²) in [6, 6.07) is 17.6. The lowest BCUT2D eigenvalue weighted by Crippen LogP contribution is -2.45. The monoisotopic (exact) mass is 482 g/mol. The number of halogens is 1. The van der Waals surface area contributed by atoms with Crippen molar-refractivity contribution in [3.05, 3.63) is 78.6 Å². The second-order valence-corrected chi connectivity index (χ2v) is 9.40. The van der Waals surface area contributed by atoms with E-state index in [9.17, 15) is 22.4 Å². The Morgan fingerprint density at radius 3 is 2.32 bits per heavy atom. The first-order valence-electron chi connectivity index (χ1n) is 10.6. The van der Waals surface area contributed by atoms with E-state index in [1.165, 1.54) is 35.2 Å². The summed E-state index contributed by atoms with van der Waals surface area (Å²) in [4.78, 5) is 26.8. The third kappa shape index (κ3) is 5.08. The summed E-state index contributed by atoms with van der Waals surface area (Å²) in [6.45, 7) is 0.425. The first-order valence-corrected chi connectivity index (χ1v) is 12.1. The Labute approximate surface area is 196 Å². The zero-order valence-electron chi connectivity index (χ0n) is 18.1. The second kappa shape index (κ2) is 9.62. The minimum Gasteiger partial charge on any atom is -0.324 e. The van der Waals surface area contributed by atoms with E-state index in [0.29, 0.717) is 25.1 Å². The number of likely N-dealkylation sites (tertiary alicyclic amines) is 1. The van der Waals surface area contributed by atoms with Crippen molar-refractivity contribution in [1.29, 1.82) is 0 Å². The molecule has 1 saturated heterocycles. The van der Waals surface area contributed by atoms with Gasteiger partial charge in [-0.25, -0.2) is 22.7 Å². The highest BCUT2D eigenvalue weighted by atomic mass is 32.2. The van der Waals surface area contributed by atoms with Crippen LogP contribution in [0.1, 0.15) is 12.8 Å². The highest BCUT2D eigenvalue weighted by Gasteiger charge is 2.34. The molecule has 1 aliphatic heterocycles. The minimum absolute atomic E-state index is 0.0346. The van der Waals surface area contributed by atoms with Crippen LogP contribution in [-0.2, 0) is 14.8 Å². The standard InChI is InChI=1S/C24H23FN4O4S/c25-20-15-17(12-13-18(20)19-9-4-5-11-22(19)34(26,32)33)27-23(30)21-10-6-14-29(21)24(31)28-16-7-2-1-3-8-16/h1-5,7-9,11-13,15,21H,6,10,14H2,(H,27,30)(H,28,31)(H2,26,32,33). The van der Waals surface area contributed by atoms with Gasteiger partial charge in [0.05, 0.1) is 4.90 Å². The molecule has 3 amide bonds. The number of primary sulfonamides is 1. The van der Waals surface area contributed by atoms with Crippen LogP contribution in [0, 0.1) is 5.82 Å². The molecule has 0 spiro atoms. The van der Waals surface area contributed by atoms with Crippen molar-refractivity contribution in [3.8, 4) is 11.1 Å². The smallest absolute Gasteiger partial charge is 0.322 e. The number of amides is 3. The van der Waals surface area contributed by atoms with Crippen LogP contribution >= 0.6 is 0 Å². The molecule has 176 valence electrons. The van der Waals surface area contributed by atoms with Crippen LogP contribution in [0.15, 0.2) is 77.7 Å². The summed E-state index contributed by atoms with van der Waals surface area (Å²) >= 11 is 0. The van der Waals surface area contributed by atoms with Crippen molar-refractivity contribution in [2.45, 2.75) is 23.8 Å². The van der Waals surface area contributed by atoms with Crippen molar-refractivity contribution in [1.82, 2.24) is 4.90 Å². The molecule has 0 bridgehead atoms. The van der Waals surface area contributed by atoms with Gasteiger partial charge in [-0.3, -0.25) is 4.79 Å². The van der Waals surface area contributed by atoms with Gasteiger partial charge in [-0.2, -0.15) is 0 Å². The third-order valence-electron chi connectivity index (χ3n) is 5.56. The van der Waals surface area contributed by atoms with E-state index in [2.05, 4.69) is 10.6 Å². The van der Waals surface area contributed by atoms with Crippen LogP contribution in [0.3, 0.4) is 0 Å². The van der Waals surface area contributed by atoms with Gasteiger partial charge < -0.3 is 15.5 Å². The van der Waals surface area contributed by atoms with E-state index in [-0.39, 0.29) is 27.7 Å². The van der Waals surface area contributed by atoms with Crippen molar-refractivity contribution >= 4 is 33.3 Å². The van der Waals surface area contributed by atoms with Crippen molar-refractivity contribution in [2.75, 3.05) is 17.2 Å². The number of nitrogens with zero attached hydrogens (tertiary/aromatic N) is 1. The van der Waals surface area contributed by atoms with Gasteiger partial charge in [0.2, 0.25) is 15.9 Å². The number of sulfonamides is 1. The summed E-state index contributed by atoms with van der Waals surface area (Å²) in [5.74, 6) is -1.16.